The Labute approximate surface area is 164 Å². The Morgan fingerprint density at radius 1 is 1.36 bits per heavy atom. The summed E-state index contributed by atoms with van der Waals surface area (Å²) in [7, 11) is 0. The molecule has 0 amide bonds. The molecule has 0 saturated carbocycles. The van der Waals surface area contributed by atoms with E-state index in [-0.39, 0.29) is 34.4 Å². The van der Waals surface area contributed by atoms with Gasteiger partial charge in [-0.3, -0.25) is 15.1 Å². The van der Waals surface area contributed by atoms with Gasteiger partial charge in [-0.2, -0.15) is 0 Å². The summed E-state index contributed by atoms with van der Waals surface area (Å²) < 4.78 is 5.02. The highest BCUT2D eigenvalue weighted by molar-refractivity contribution is 8.18. The molecule has 1 aliphatic rings. The molecule has 1 N–H and O–H groups in total. The number of esters is 1. The standard InChI is InChI=1S/C19H15N3O5S/c1-2-27-19(24)16-17(23)15(11-12-6-3-4-9-20-12)28-18(16)21-13-7-5-8-14(10-13)22(25)26/h3-11,23H,2H2,1H3/b15-11+,21-18?. The van der Waals surface area contributed by atoms with Crippen molar-refractivity contribution in [3.63, 3.8) is 0 Å². The van der Waals surface area contributed by atoms with Crippen LogP contribution in [-0.2, 0) is 9.53 Å². The first-order valence-electron chi connectivity index (χ1n) is 8.24. The minimum atomic E-state index is -0.721. The van der Waals surface area contributed by atoms with E-state index in [1.165, 1.54) is 18.2 Å². The molecule has 2 heterocycles. The molecule has 9 heteroatoms. The Bertz CT molecular complexity index is 1020. The van der Waals surface area contributed by atoms with Gasteiger partial charge in [0.1, 0.15) is 16.4 Å². The molecule has 0 radical (unpaired) electrons. The predicted octanol–water partition coefficient (Wildman–Crippen LogP) is 4.18. The Hall–Kier alpha value is -3.46. The SMILES string of the molecule is CCOC(=O)C1=C(O)/C(=C\c2ccccn2)SC1=Nc1cccc([N+](=O)[O-])c1. The number of hydrogen-bond acceptors (Lipinski definition) is 8. The van der Waals surface area contributed by atoms with Crippen molar-refractivity contribution < 1.29 is 19.6 Å². The number of aliphatic hydroxyl groups is 1. The summed E-state index contributed by atoms with van der Waals surface area (Å²) in [4.78, 5) is 31.7. The molecule has 8 nitrogen and oxygen atoms in total. The maximum Gasteiger partial charge on any atom is 0.344 e. The van der Waals surface area contributed by atoms with E-state index in [0.29, 0.717) is 10.6 Å². The Morgan fingerprint density at radius 2 is 2.18 bits per heavy atom. The summed E-state index contributed by atoms with van der Waals surface area (Å²) in [6.07, 6.45) is 3.23. The molecule has 0 unspecified atom stereocenters. The molecular formula is C19H15N3O5S. The van der Waals surface area contributed by atoms with E-state index in [1.807, 2.05) is 0 Å². The van der Waals surface area contributed by atoms with Crippen molar-refractivity contribution in [1.29, 1.82) is 0 Å². The van der Waals surface area contributed by atoms with Crippen molar-refractivity contribution in [3.05, 3.63) is 80.7 Å². The molecule has 1 aliphatic heterocycles. The third-order valence-corrected chi connectivity index (χ3v) is 4.63. The van der Waals surface area contributed by atoms with Crippen LogP contribution in [0.5, 0.6) is 0 Å². The summed E-state index contributed by atoms with van der Waals surface area (Å²) in [6, 6.07) is 11.0. The Balaban J connectivity index is 2.05. The summed E-state index contributed by atoms with van der Waals surface area (Å²) in [5, 5.41) is 21.7. The fourth-order valence-electron chi connectivity index (χ4n) is 2.38. The van der Waals surface area contributed by atoms with Crippen molar-refractivity contribution >= 4 is 40.2 Å². The van der Waals surface area contributed by atoms with E-state index in [9.17, 15) is 20.0 Å². The fourth-order valence-corrected chi connectivity index (χ4v) is 3.40. The van der Waals surface area contributed by atoms with Gasteiger partial charge in [-0.15, -0.1) is 0 Å². The van der Waals surface area contributed by atoms with E-state index in [2.05, 4.69) is 9.98 Å². The molecule has 0 fully saturated rings. The average Bonchev–Trinajstić information content (AvgIpc) is 2.98. The lowest BCUT2D eigenvalue weighted by atomic mass is 10.2. The van der Waals surface area contributed by atoms with Gasteiger partial charge in [0.25, 0.3) is 5.69 Å². The molecule has 0 aliphatic carbocycles. The first-order chi connectivity index (χ1) is 13.5. The topological polar surface area (TPSA) is 115 Å². The van der Waals surface area contributed by atoms with Crippen molar-refractivity contribution in [2.75, 3.05) is 6.61 Å². The second-order valence-electron chi connectivity index (χ2n) is 5.50. The van der Waals surface area contributed by atoms with Gasteiger partial charge in [-0.25, -0.2) is 9.79 Å². The van der Waals surface area contributed by atoms with Crippen LogP contribution in [0.25, 0.3) is 6.08 Å². The predicted molar refractivity (Wildman–Crippen MR) is 106 cm³/mol. The number of carbonyl (C=O) groups is 1. The lowest BCUT2D eigenvalue weighted by Crippen LogP contribution is -2.12. The fraction of sp³-hybridized carbons (Fsp3) is 0.105. The van der Waals surface area contributed by atoms with Gasteiger partial charge in [-0.05, 0) is 31.2 Å². The van der Waals surface area contributed by atoms with Gasteiger partial charge in [0.05, 0.1) is 27.8 Å². The molecule has 28 heavy (non-hydrogen) atoms. The number of carbonyl (C=O) groups excluding carboxylic acids is 1. The quantitative estimate of drug-likeness (QED) is 0.457. The third-order valence-electron chi connectivity index (χ3n) is 3.61. The monoisotopic (exact) mass is 397 g/mol. The van der Waals surface area contributed by atoms with Crippen LogP contribution in [0.2, 0.25) is 0 Å². The average molecular weight is 397 g/mol. The van der Waals surface area contributed by atoms with Gasteiger partial charge in [0, 0.05) is 18.3 Å². The maximum atomic E-state index is 12.3. The van der Waals surface area contributed by atoms with E-state index in [4.69, 9.17) is 4.74 Å². The number of aromatic nitrogens is 1. The number of pyridine rings is 1. The van der Waals surface area contributed by atoms with Crippen molar-refractivity contribution in [3.8, 4) is 0 Å². The van der Waals surface area contributed by atoms with Crippen molar-refractivity contribution in [1.82, 2.24) is 4.98 Å². The molecule has 1 aromatic carbocycles. The zero-order chi connectivity index (χ0) is 20.1. The van der Waals surface area contributed by atoms with E-state index in [0.717, 1.165) is 11.8 Å². The lowest BCUT2D eigenvalue weighted by molar-refractivity contribution is -0.384. The van der Waals surface area contributed by atoms with Gasteiger partial charge in [0.15, 0.2) is 0 Å². The van der Waals surface area contributed by atoms with Crippen LogP contribution >= 0.6 is 11.8 Å². The number of nitro groups is 1. The Morgan fingerprint density at radius 3 is 2.86 bits per heavy atom. The zero-order valence-corrected chi connectivity index (χ0v) is 15.5. The molecule has 2 aromatic rings. The number of hydrogen-bond donors (Lipinski definition) is 1. The van der Waals surface area contributed by atoms with Crippen molar-refractivity contribution in [2.24, 2.45) is 4.99 Å². The van der Waals surface area contributed by atoms with Crippen LogP contribution in [-0.4, -0.2) is 32.6 Å². The summed E-state index contributed by atoms with van der Waals surface area (Å²) in [6.45, 7) is 1.78. The summed E-state index contributed by atoms with van der Waals surface area (Å²) in [5.74, 6) is -0.987. The first-order valence-corrected chi connectivity index (χ1v) is 9.06. The van der Waals surface area contributed by atoms with Crippen LogP contribution < -0.4 is 0 Å². The van der Waals surface area contributed by atoms with Crippen LogP contribution in [0.3, 0.4) is 0 Å². The minimum absolute atomic E-state index is 0.0828. The molecule has 3 rings (SSSR count). The Kier molecular flexibility index (Phi) is 5.85. The van der Waals surface area contributed by atoms with Gasteiger partial charge < -0.3 is 9.84 Å². The van der Waals surface area contributed by atoms with Crippen LogP contribution in [0.4, 0.5) is 11.4 Å². The molecule has 0 saturated heterocycles. The molecule has 142 valence electrons. The highest BCUT2D eigenvalue weighted by Crippen LogP contribution is 2.40. The second-order valence-corrected chi connectivity index (χ2v) is 6.53. The smallest absolute Gasteiger partial charge is 0.344 e. The van der Waals surface area contributed by atoms with Gasteiger partial charge >= 0.3 is 5.97 Å². The maximum absolute atomic E-state index is 12.3. The number of thioether (sulfide) groups is 1. The number of nitro benzene ring substituents is 1. The zero-order valence-electron chi connectivity index (χ0n) is 14.7. The molecular weight excluding hydrogens is 382 g/mol. The highest BCUT2D eigenvalue weighted by Gasteiger charge is 2.33. The van der Waals surface area contributed by atoms with Crippen LogP contribution in [0, 0.1) is 10.1 Å². The van der Waals surface area contributed by atoms with Crippen molar-refractivity contribution in [2.45, 2.75) is 6.92 Å². The third kappa shape index (κ3) is 4.26. The molecule has 1 aromatic heterocycles. The molecule has 0 bridgehead atoms. The summed E-state index contributed by atoms with van der Waals surface area (Å²) >= 11 is 1.06. The van der Waals surface area contributed by atoms with E-state index < -0.39 is 10.9 Å². The largest absolute Gasteiger partial charge is 0.506 e. The first kappa shape index (κ1) is 19.3. The summed E-state index contributed by atoms with van der Waals surface area (Å²) in [5.41, 5.74) is 0.669. The molecule has 0 atom stereocenters. The number of aliphatic hydroxyl groups excluding tert-OH is 1. The second kappa shape index (κ2) is 8.49. The number of rotatable bonds is 5. The van der Waals surface area contributed by atoms with E-state index >= 15 is 0 Å². The van der Waals surface area contributed by atoms with Gasteiger partial charge in [-0.1, -0.05) is 23.9 Å². The van der Waals surface area contributed by atoms with Gasteiger partial charge in [0.2, 0.25) is 0 Å². The van der Waals surface area contributed by atoms with E-state index in [1.54, 1.807) is 43.5 Å². The number of non-ortho nitro benzene ring substituents is 1. The highest BCUT2D eigenvalue weighted by atomic mass is 32.2. The normalized spacial score (nSPS) is 16.6. The number of nitrogens with zero attached hydrogens (tertiary/aromatic N) is 3. The number of aliphatic imine (C=N–C) groups is 1. The van der Waals surface area contributed by atoms with Crippen LogP contribution in [0.15, 0.2) is 69.9 Å². The lowest BCUT2D eigenvalue weighted by Gasteiger charge is -2.03. The van der Waals surface area contributed by atoms with Crippen LogP contribution in [0.1, 0.15) is 12.6 Å². The minimum Gasteiger partial charge on any atom is -0.506 e. The number of ether oxygens (including phenoxy) is 1. The molecule has 0 spiro atoms. The number of benzene rings is 1.